The second-order valence-corrected chi connectivity index (χ2v) is 3.11. The molecule has 0 unspecified atom stereocenters. The lowest BCUT2D eigenvalue weighted by Crippen LogP contribution is -1.92. The molecule has 0 saturated carbocycles. The van der Waals surface area contributed by atoms with E-state index in [4.69, 9.17) is 23.2 Å². The first kappa shape index (κ1) is 8.82. The molecule has 0 bridgehead atoms. The van der Waals surface area contributed by atoms with E-state index in [1.165, 1.54) is 0 Å². The Labute approximate surface area is 76.4 Å². The van der Waals surface area contributed by atoms with Crippen LogP contribution in [0.2, 0.25) is 5.02 Å². The van der Waals surface area contributed by atoms with Crippen LogP contribution >= 0.6 is 23.2 Å². The number of nitrogens with zero attached hydrogens (tertiary/aromatic N) is 1. The van der Waals surface area contributed by atoms with Crippen LogP contribution in [0.15, 0.2) is 6.20 Å². The Morgan fingerprint density at radius 3 is 2.64 bits per heavy atom. The van der Waals surface area contributed by atoms with Crippen molar-refractivity contribution in [3.05, 3.63) is 28.0 Å². The van der Waals surface area contributed by atoms with E-state index in [9.17, 15) is 0 Å². The number of hydrogen-bond acceptors (Lipinski definition) is 1. The summed E-state index contributed by atoms with van der Waals surface area (Å²) in [6.45, 7) is 3.86. The fraction of sp³-hybridized carbons (Fsp3) is 0.375. The highest BCUT2D eigenvalue weighted by Crippen LogP contribution is 2.21. The van der Waals surface area contributed by atoms with Crippen molar-refractivity contribution in [2.24, 2.45) is 0 Å². The van der Waals surface area contributed by atoms with Crippen LogP contribution in [-0.4, -0.2) is 4.98 Å². The summed E-state index contributed by atoms with van der Waals surface area (Å²) in [6, 6.07) is 0. The van der Waals surface area contributed by atoms with Crippen LogP contribution in [0.4, 0.5) is 0 Å². The van der Waals surface area contributed by atoms with E-state index in [2.05, 4.69) is 4.98 Å². The molecule has 1 aromatic heterocycles. The summed E-state index contributed by atoms with van der Waals surface area (Å²) in [5, 5.41) is 0.774. The maximum atomic E-state index is 5.96. The Morgan fingerprint density at radius 2 is 2.09 bits per heavy atom. The molecule has 1 heterocycles. The second-order valence-electron chi connectivity index (χ2n) is 2.46. The summed E-state index contributed by atoms with van der Waals surface area (Å²) in [4.78, 5) is 4.14. The topological polar surface area (TPSA) is 12.9 Å². The molecule has 3 heteroatoms. The van der Waals surface area contributed by atoms with Gasteiger partial charge in [-0.2, -0.15) is 0 Å². The Bertz CT molecular complexity index is 271. The van der Waals surface area contributed by atoms with Gasteiger partial charge in [-0.3, -0.25) is 4.98 Å². The molecule has 0 fully saturated rings. The quantitative estimate of drug-likeness (QED) is 0.620. The smallest absolute Gasteiger partial charge is 0.0650 e. The van der Waals surface area contributed by atoms with E-state index >= 15 is 0 Å². The van der Waals surface area contributed by atoms with Gasteiger partial charge in [0.2, 0.25) is 0 Å². The van der Waals surface area contributed by atoms with E-state index in [0.717, 1.165) is 21.8 Å². The van der Waals surface area contributed by atoms with Gasteiger partial charge in [-0.25, -0.2) is 0 Å². The number of rotatable bonds is 1. The number of pyridine rings is 1. The van der Waals surface area contributed by atoms with E-state index in [0.29, 0.717) is 5.88 Å². The second kappa shape index (κ2) is 3.42. The number of hydrogen-bond donors (Lipinski definition) is 0. The van der Waals surface area contributed by atoms with Crippen molar-refractivity contribution in [3.63, 3.8) is 0 Å². The van der Waals surface area contributed by atoms with Crippen LogP contribution in [0, 0.1) is 13.8 Å². The summed E-state index contributed by atoms with van der Waals surface area (Å²) in [5.41, 5.74) is 2.85. The molecule has 1 aromatic rings. The van der Waals surface area contributed by atoms with Gasteiger partial charge in [-0.1, -0.05) is 11.6 Å². The highest BCUT2D eigenvalue weighted by molar-refractivity contribution is 6.32. The van der Waals surface area contributed by atoms with Gasteiger partial charge < -0.3 is 0 Å². The van der Waals surface area contributed by atoms with E-state index in [1.807, 2.05) is 13.8 Å². The highest BCUT2D eigenvalue weighted by Gasteiger charge is 2.04. The zero-order chi connectivity index (χ0) is 8.43. The molecule has 0 saturated heterocycles. The Balaban J connectivity index is 3.25. The first-order valence-corrected chi connectivity index (χ1v) is 4.24. The average molecular weight is 190 g/mol. The summed E-state index contributed by atoms with van der Waals surface area (Å²) in [7, 11) is 0. The van der Waals surface area contributed by atoms with Crippen LogP contribution in [0.1, 0.15) is 16.8 Å². The van der Waals surface area contributed by atoms with Crippen molar-refractivity contribution in [2.45, 2.75) is 19.7 Å². The molecule has 0 aromatic carbocycles. The lowest BCUT2D eigenvalue weighted by molar-refractivity contribution is 1.10. The van der Waals surface area contributed by atoms with Crippen LogP contribution in [-0.2, 0) is 5.88 Å². The van der Waals surface area contributed by atoms with Crippen molar-refractivity contribution in [1.29, 1.82) is 0 Å². The van der Waals surface area contributed by atoms with Gasteiger partial charge in [0, 0.05) is 11.2 Å². The molecule has 1 nitrogen and oxygen atoms in total. The fourth-order valence-electron chi connectivity index (χ4n) is 0.885. The minimum Gasteiger partial charge on any atom is -0.259 e. The van der Waals surface area contributed by atoms with Crippen LogP contribution < -0.4 is 0 Å². The van der Waals surface area contributed by atoms with Crippen LogP contribution in [0.25, 0.3) is 0 Å². The minimum atomic E-state index is 0.422. The standard InChI is InChI=1S/C8H9Cl2N/c1-5-4-11-7(3-9)6(2)8(5)10/h4H,3H2,1-2H3. The summed E-state index contributed by atoms with van der Waals surface area (Å²) >= 11 is 11.6. The molecule has 0 spiro atoms. The predicted octanol–water partition coefficient (Wildman–Crippen LogP) is 3.09. The Kier molecular flexibility index (Phi) is 2.74. The van der Waals surface area contributed by atoms with Gasteiger partial charge in [0.15, 0.2) is 0 Å². The maximum Gasteiger partial charge on any atom is 0.0650 e. The van der Waals surface area contributed by atoms with Gasteiger partial charge in [0.25, 0.3) is 0 Å². The first-order valence-electron chi connectivity index (χ1n) is 3.33. The molecule has 0 aliphatic rings. The van der Waals surface area contributed by atoms with Crippen LogP contribution in [0.3, 0.4) is 0 Å². The molecule has 60 valence electrons. The molecular weight excluding hydrogens is 181 g/mol. The zero-order valence-corrected chi connectivity index (χ0v) is 8.00. The van der Waals surface area contributed by atoms with Gasteiger partial charge >= 0.3 is 0 Å². The molecule has 0 amide bonds. The van der Waals surface area contributed by atoms with Gasteiger partial charge in [0.05, 0.1) is 11.6 Å². The van der Waals surface area contributed by atoms with E-state index in [1.54, 1.807) is 6.20 Å². The Morgan fingerprint density at radius 1 is 1.45 bits per heavy atom. The number of alkyl halides is 1. The van der Waals surface area contributed by atoms with Crippen molar-refractivity contribution in [2.75, 3.05) is 0 Å². The SMILES string of the molecule is Cc1cnc(CCl)c(C)c1Cl. The normalized spacial score (nSPS) is 10.2. The molecule has 0 N–H and O–H groups in total. The largest absolute Gasteiger partial charge is 0.259 e. The summed E-state index contributed by atoms with van der Waals surface area (Å²) < 4.78 is 0. The van der Waals surface area contributed by atoms with Crippen molar-refractivity contribution in [1.82, 2.24) is 4.98 Å². The predicted molar refractivity (Wildman–Crippen MR) is 48.3 cm³/mol. The third-order valence-corrected chi connectivity index (χ3v) is 2.48. The van der Waals surface area contributed by atoms with Crippen molar-refractivity contribution >= 4 is 23.2 Å². The van der Waals surface area contributed by atoms with Crippen molar-refractivity contribution < 1.29 is 0 Å². The lowest BCUT2D eigenvalue weighted by Gasteiger charge is -2.04. The third kappa shape index (κ3) is 1.66. The lowest BCUT2D eigenvalue weighted by atomic mass is 10.2. The molecule has 1 rings (SSSR count). The maximum absolute atomic E-state index is 5.96. The molecule has 0 atom stereocenters. The summed E-state index contributed by atoms with van der Waals surface area (Å²) in [6.07, 6.45) is 1.74. The van der Waals surface area contributed by atoms with Crippen LogP contribution in [0.5, 0.6) is 0 Å². The van der Waals surface area contributed by atoms with E-state index in [-0.39, 0.29) is 0 Å². The first-order chi connectivity index (χ1) is 5.16. The zero-order valence-electron chi connectivity index (χ0n) is 6.49. The van der Waals surface area contributed by atoms with E-state index < -0.39 is 0 Å². The number of aryl methyl sites for hydroxylation is 1. The van der Waals surface area contributed by atoms with Gasteiger partial charge in [-0.05, 0) is 25.0 Å². The average Bonchev–Trinajstić information content (AvgIpc) is 2.01. The summed E-state index contributed by atoms with van der Waals surface area (Å²) in [5.74, 6) is 0.422. The Hall–Kier alpha value is -0.270. The minimum absolute atomic E-state index is 0.422. The molecule has 0 radical (unpaired) electrons. The molecular formula is C8H9Cl2N. The molecule has 0 aliphatic heterocycles. The third-order valence-electron chi connectivity index (χ3n) is 1.65. The highest BCUT2D eigenvalue weighted by atomic mass is 35.5. The monoisotopic (exact) mass is 189 g/mol. The molecule has 11 heavy (non-hydrogen) atoms. The van der Waals surface area contributed by atoms with Crippen molar-refractivity contribution in [3.8, 4) is 0 Å². The number of halogens is 2. The van der Waals surface area contributed by atoms with Gasteiger partial charge in [0.1, 0.15) is 0 Å². The number of aromatic nitrogens is 1. The fourth-order valence-corrected chi connectivity index (χ4v) is 1.31. The molecule has 0 aliphatic carbocycles. The van der Waals surface area contributed by atoms with Gasteiger partial charge in [-0.15, -0.1) is 11.6 Å².